The first-order valence-electron chi connectivity index (χ1n) is 5.19. The number of rotatable bonds is 4. The van der Waals surface area contributed by atoms with Crippen LogP contribution in [0.3, 0.4) is 0 Å². The van der Waals surface area contributed by atoms with Crippen molar-refractivity contribution in [3.63, 3.8) is 0 Å². The number of benzene rings is 1. The van der Waals surface area contributed by atoms with E-state index in [2.05, 4.69) is 24.4 Å². The van der Waals surface area contributed by atoms with Crippen LogP contribution < -0.4 is 11.1 Å². The largest absolute Gasteiger partial charge is 0.354 e. The third-order valence-electron chi connectivity index (χ3n) is 2.36. The predicted octanol–water partition coefficient (Wildman–Crippen LogP) is 1.68. The van der Waals surface area contributed by atoms with E-state index in [1.807, 2.05) is 18.2 Å². The number of carbonyl (C=O) groups is 1. The Hall–Kier alpha value is -1.06. The summed E-state index contributed by atoms with van der Waals surface area (Å²) in [5.41, 5.74) is 6.67. The summed E-state index contributed by atoms with van der Waals surface area (Å²) in [6.07, 6.45) is 0. The summed E-state index contributed by atoms with van der Waals surface area (Å²) in [6.45, 7) is 4.39. The standard InChI is InChI=1S/C12H18N2O.ClH/c1-9(8-14-12(15)10(2)13)11-6-4-3-5-7-11;/h3-7,9-10H,8,13H2,1-2H3,(H,14,15);1H/t9?,10-;/m0./s1. The average Bonchev–Trinajstić information content (AvgIpc) is 2.26. The quantitative estimate of drug-likeness (QED) is 0.844. The molecule has 2 atom stereocenters. The molecule has 1 rings (SSSR count). The molecule has 1 aromatic rings. The molecule has 0 fully saturated rings. The smallest absolute Gasteiger partial charge is 0.236 e. The molecule has 90 valence electrons. The van der Waals surface area contributed by atoms with E-state index in [1.165, 1.54) is 5.56 Å². The summed E-state index contributed by atoms with van der Waals surface area (Å²) in [5, 5.41) is 2.82. The molecule has 0 aromatic heterocycles. The molecule has 3 N–H and O–H groups in total. The van der Waals surface area contributed by atoms with Crippen LogP contribution in [0, 0.1) is 0 Å². The maximum absolute atomic E-state index is 11.2. The lowest BCUT2D eigenvalue weighted by Crippen LogP contribution is -2.39. The van der Waals surface area contributed by atoms with Gasteiger partial charge in [-0.1, -0.05) is 37.3 Å². The monoisotopic (exact) mass is 242 g/mol. The Morgan fingerprint density at radius 3 is 2.38 bits per heavy atom. The maximum atomic E-state index is 11.2. The van der Waals surface area contributed by atoms with Gasteiger partial charge in [0.1, 0.15) is 0 Å². The second-order valence-electron chi connectivity index (χ2n) is 3.85. The van der Waals surface area contributed by atoms with E-state index in [9.17, 15) is 4.79 Å². The molecule has 0 bridgehead atoms. The highest BCUT2D eigenvalue weighted by Gasteiger charge is 2.09. The van der Waals surface area contributed by atoms with Gasteiger partial charge >= 0.3 is 0 Å². The summed E-state index contributed by atoms with van der Waals surface area (Å²) in [7, 11) is 0. The zero-order chi connectivity index (χ0) is 11.3. The van der Waals surface area contributed by atoms with Crippen molar-refractivity contribution in [1.29, 1.82) is 0 Å². The van der Waals surface area contributed by atoms with Crippen LogP contribution in [0.15, 0.2) is 30.3 Å². The minimum atomic E-state index is -0.437. The SMILES string of the molecule is CC(CNC(=O)[C@H](C)N)c1ccccc1.Cl. The number of hydrogen-bond donors (Lipinski definition) is 2. The Morgan fingerprint density at radius 1 is 1.31 bits per heavy atom. The molecule has 0 saturated heterocycles. The molecule has 1 amide bonds. The normalized spacial score (nSPS) is 13.4. The summed E-state index contributed by atoms with van der Waals surface area (Å²) in [5.74, 6) is 0.215. The van der Waals surface area contributed by atoms with Crippen LogP contribution in [0.25, 0.3) is 0 Å². The molecule has 0 aliphatic rings. The van der Waals surface area contributed by atoms with Crippen molar-refractivity contribution < 1.29 is 4.79 Å². The molecule has 3 nitrogen and oxygen atoms in total. The third kappa shape index (κ3) is 4.64. The maximum Gasteiger partial charge on any atom is 0.236 e. The highest BCUT2D eigenvalue weighted by molar-refractivity contribution is 5.85. The van der Waals surface area contributed by atoms with Gasteiger partial charge in [-0.3, -0.25) is 4.79 Å². The van der Waals surface area contributed by atoms with Crippen LogP contribution in [0.2, 0.25) is 0 Å². The fraction of sp³-hybridized carbons (Fsp3) is 0.417. The summed E-state index contributed by atoms with van der Waals surface area (Å²) >= 11 is 0. The fourth-order valence-electron chi connectivity index (χ4n) is 1.31. The first-order chi connectivity index (χ1) is 7.11. The molecule has 0 aliphatic carbocycles. The summed E-state index contributed by atoms with van der Waals surface area (Å²) in [4.78, 5) is 11.2. The van der Waals surface area contributed by atoms with E-state index in [1.54, 1.807) is 6.92 Å². The second kappa shape index (κ2) is 7.25. The molecular weight excluding hydrogens is 224 g/mol. The highest BCUT2D eigenvalue weighted by Crippen LogP contribution is 2.12. The van der Waals surface area contributed by atoms with Crippen molar-refractivity contribution in [1.82, 2.24) is 5.32 Å². The van der Waals surface area contributed by atoms with Crippen molar-refractivity contribution in [3.05, 3.63) is 35.9 Å². The minimum absolute atomic E-state index is 0. The first-order valence-corrected chi connectivity index (χ1v) is 5.19. The summed E-state index contributed by atoms with van der Waals surface area (Å²) in [6, 6.07) is 9.66. The molecule has 0 spiro atoms. The van der Waals surface area contributed by atoms with Gasteiger partial charge in [-0.05, 0) is 18.4 Å². The number of hydrogen-bond acceptors (Lipinski definition) is 2. The van der Waals surface area contributed by atoms with Gasteiger partial charge in [0, 0.05) is 6.54 Å². The van der Waals surface area contributed by atoms with Crippen LogP contribution in [0.1, 0.15) is 25.3 Å². The third-order valence-corrected chi connectivity index (χ3v) is 2.36. The number of nitrogens with one attached hydrogen (secondary N) is 1. The van der Waals surface area contributed by atoms with Crippen LogP contribution in [0.4, 0.5) is 0 Å². The molecule has 4 heteroatoms. The molecule has 0 radical (unpaired) electrons. The van der Waals surface area contributed by atoms with Crippen LogP contribution in [-0.2, 0) is 4.79 Å². The van der Waals surface area contributed by atoms with Gasteiger partial charge in [-0.15, -0.1) is 12.4 Å². The van der Waals surface area contributed by atoms with E-state index in [-0.39, 0.29) is 18.3 Å². The van der Waals surface area contributed by atoms with Crippen molar-refractivity contribution in [2.75, 3.05) is 6.54 Å². The molecule has 0 saturated carbocycles. The van der Waals surface area contributed by atoms with Crippen molar-refractivity contribution >= 4 is 18.3 Å². The molecule has 16 heavy (non-hydrogen) atoms. The van der Waals surface area contributed by atoms with Crippen LogP contribution >= 0.6 is 12.4 Å². The Kier molecular flexibility index (Phi) is 6.77. The number of amides is 1. The van der Waals surface area contributed by atoms with E-state index in [0.29, 0.717) is 12.5 Å². The minimum Gasteiger partial charge on any atom is -0.354 e. The Bertz CT molecular complexity index is 314. The van der Waals surface area contributed by atoms with Gasteiger partial charge in [-0.2, -0.15) is 0 Å². The van der Waals surface area contributed by atoms with E-state index in [0.717, 1.165) is 0 Å². The fourth-order valence-corrected chi connectivity index (χ4v) is 1.31. The highest BCUT2D eigenvalue weighted by atomic mass is 35.5. The van der Waals surface area contributed by atoms with Gasteiger partial charge in [0.05, 0.1) is 6.04 Å². The van der Waals surface area contributed by atoms with Crippen molar-refractivity contribution in [2.45, 2.75) is 25.8 Å². The van der Waals surface area contributed by atoms with Gasteiger partial charge in [0.2, 0.25) is 5.91 Å². The lowest BCUT2D eigenvalue weighted by molar-refractivity contribution is -0.122. The lowest BCUT2D eigenvalue weighted by atomic mass is 10.0. The van der Waals surface area contributed by atoms with Gasteiger partial charge in [0.15, 0.2) is 0 Å². The Labute approximate surface area is 103 Å². The van der Waals surface area contributed by atoms with Gasteiger partial charge < -0.3 is 11.1 Å². The Balaban J connectivity index is 0.00000225. The van der Waals surface area contributed by atoms with Gasteiger partial charge in [0.25, 0.3) is 0 Å². The van der Waals surface area contributed by atoms with E-state index < -0.39 is 6.04 Å². The first kappa shape index (κ1) is 14.9. The number of carbonyl (C=O) groups excluding carboxylic acids is 1. The number of nitrogens with two attached hydrogens (primary N) is 1. The lowest BCUT2D eigenvalue weighted by Gasteiger charge is -2.14. The van der Waals surface area contributed by atoms with E-state index in [4.69, 9.17) is 5.73 Å². The van der Waals surface area contributed by atoms with Crippen LogP contribution in [-0.4, -0.2) is 18.5 Å². The zero-order valence-electron chi connectivity index (χ0n) is 9.64. The topological polar surface area (TPSA) is 55.1 Å². The van der Waals surface area contributed by atoms with E-state index >= 15 is 0 Å². The summed E-state index contributed by atoms with van der Waals surface area (Å²) < 4.78 is 0. The average molecular weight is 243 g/mol. The van der Waals surface area contributed by atoms with Crippen molar-refractivity contribution in [2.24, 2.45) is 5.73 Å². The number of halogens is 1. The molecule has 0 aliphatic heterocycles. The molecular formula is C12H19ClN2O. The molecule has 0 heterocycles. The van der Waals surface area contributed by atoms with Crippen molar-refractivity contribution in [3.8, 4) is 0 Å². The molecule has 1 unspecified atom stereocenters. The zero-order valence-corrected chi connectivity index (χ0v) is 10.5. The second-order valence-corrected chi connectivity index (χ2v) is 3.85. The van der Waals surface area contributed by atoms with Crippen LogP contribution in [0.5, 0.6) is 0 Å². The Morgan fingerprint density at radius 2 is 1.88 bits per heavy atom. The van der Waals surface area contributed by atoms with Gasteiger partial charge in [-0.25, -0.2) is 0 Å². The predicted molar refractivity (Wildman–Crippen MR) is 68.8 cm³/mol. The molecule has 1 aromatic carbocycles.